The van der Waals surface area contributed by atoms with Crippen molar-refractivity contribution in [1.82, 2.24) is 15.4 Å². The average molecular weight is 362 g/mol. The maximum Gasteiger partial charge on any atom is 0.265 e. The number of hydrogen-bond acceptors (Lipinski definition) is 6. The largest absolute Gasteiger partial charge is 0.370 e. The van der Waals surface area contributed by atoms with Crippen molar-refractivity contribution in [1.29, 1.82) is 0 Å². The molecule has 11 heteroatoms. The van der Waals surface area contributed by atoms with Gasteiger partial charge in [-0.25, -0.2) is 5.84 Å². The molecule has 1 heterocycles. The van der Waals surface area contributed by atoms with Crippen LogP contribution < -0.4 is 27.7 Å². The lowest BCUT2D eigenvalue weighted by Gasteiger charge is -2.37. The maximum absolute atomic E-state index is 12.7. The summed E-state index contributed by atoms with van der Waals surface area (Å²) in [5, 5.41) is 4.62. The van der Waals surface area contributed by atoms with Crippen LogP contribution in [0.4, 0.5) is 0 Å². The van der Waals surface area contributed by atoms with E-state index in [1.54, 1.807) is 0 Å². The zero-order valence-electron chi connectivity index (χ0n) is 13.8. The fourth-order valence-electron chi connectivity index (χ4n) is 2.42. The molecule has 0 radical (unpaired) electrons. The number of nitrogens with zero attached hydrogens (tertiary/aromatic N) is 1. The fraction of sp³-hybridized carbons (Fsp3) is 0.769. The van der Waals surface area contributed by atoms with Crippen molar-refractivity contribution in [2.45, 2.75) is 50.3 Å². The fourth-order valence-corrected chi connectivity index (χ4v) is 4.01. The third kappa shape index (κ3) is 5.27. The number of nitrogens with two attached hydrogens (primary N) is 3. The van der Waals surface area contributed by atoms with E-state index in [0.29, 0.717) is 19.5 Å². The Balaban J connectivity index is 2.83. The molecule has 0 bridgehead atoms. The Morgan fingerprint density at radius 2 is 2.12 bits per heavy atom. The topological polar surface area (TPSA) is 174 Å². The molecule has 0 saturated carbocycles. The van der Waals surface area contributed by atoms with E-state index in [0.717, 1.165) is 11.4 Å². The van der Waals surface area contributed by atoms with E-state index in [-0.39, 0.29) is 19.3 Å². The van der Waals surface area contributed by atoms with Gasteiger partial charge in [0, 0.05) is 19.5 Å². The van der Waals surface area contributed by atoms with Crippen LogP contribution in [0.1, 0.15) is 39.0 Å². The van der Waals surface area contributed by atoms with Gasteiger partial charge in [0.2, 0.25) is 11.8 Å². The SMILES string of the molecule is CCCNC(=O)C(CCC(N)=O)N[PH](=O)[C@@]1(N)CCCN(N)C1=O. The summed E-state index contributed by atoms with van der Waals surface area (Å²) < 4.78 is 12.7. The van der Waals surface area contributed by atoms with Crippen LogP contribution in [-0.4, -0.2) is 47.1 Å². The van der Waals surface area contributed by atoms with E-state index in [1.165, 1.54) is 0 Å². The first-order valence-corrected chi connectivity index (χ1v) is 9.35. The van der Waals surface area contributed by atoms with Crippen molar-refractivity contribution in [3.05, 3.63) is 0 Å². The van der Waals surface area contributed by atoms with Crippen LogP contribution in [-0.2, 0) is 18.9 Å². The molecular formula is C13H27N6O4P. The highest BCUT2D eigenvalue weighted by atomic mass is 31.1. The molecule has 0 aromatic rings. The van der Waals surface area contributed by atoms with Gasteiger partial charge < -0.3 is 21.3 Å². The van der Waals surface area contributed by atoms with Gasteiger partial charge in [-0.1, -0.05) is 6.92 Å². The minimum absolute atomic E-state index is 0.0547. The molecule has 3 atom stereocenters. The highest BCUT2D eigenvalue weighted by molar-refractivity contribution is 7.45. The van der Waals surface area contributed by atoms with Gasteiger partial charge in [-0.2, -0.15) is 0 Å². The predicted octanol–water partition coefficient (Wildman–Crippen LogP) is -1.64. The minimum Gasteiger partial charge on any atom is -0.370 e. The first kappa shape index (κ1) is 20.6. The molecule has 3 amide bonds. The van der Waals surface area contributed by atoms with Crippen LogP contribution in [0.15, 0.2) is 0 Å². The standard InChI is InChI=1S/C13H27N6O4P/c1-2-7-17-11(21)9(4-5-10(14)20)18-24(23)13(15)6-3-8-19(16)12(13)22/h9,24H,2-8,15-16H2,1H3,(H2,14,20)(H,17,21)(H,18,23)/t9?,13-/m0/s1. The molecule has 0 aromatic carbocycles. The molecule has 8 N–H and O–H groups in total. The van der Waals surface area contributed by atoms with E-state index >= 15 is 0 Å². The summed E-state index contributed by atoms with van der Waals surface area (Å²) in [7, 11) is -2.89. The Hall–Kier alpha value is -1.48. The van der Waals surface area contributed by atoms with Crippen molar-refractivity contribution >= 4 is 25.7 Å². The summed E-state index contributed by atoms with van der Waals surface area (Å²) >= 11 is 0. The highest BCUT2D eigenvalue weighted by Gasteiger charge is 2.45. The summed E-state index contributed by atoms with van der Waals surface area (Å²) in [6.45, 7) is 2.67. The van der Waals surface area contributed by atoms with Crippen molar-refractivity contribution < 1.29 is 18.9 Å². The first-order valence-electron chi connectivity index (χ1n) is 7.95. The molecule has 2 unspecified atom stereocenters. The number of primary amides is 1. The molecule has 1 fully saturated rings. The molecule has 138 valence electrons. The van der Waals surface area contributed by atoms with Gasteiger partial charge in [0.1, 0.15) is 0 Å². The number of carbonyl (C=O) groups excluding carboxylic acids is 3. The van der Waals surface area contributed by atoms with Gasteiger partial charge in [-0.05, 0) is 25.7 Å². The van der Waals surface area contributed by atoms with Crippen LogP contribution >= 0.6 is 7.95 Å². The van der Waals surface area contributed by atoms with Crippen LogP contribution in [0.3, 0.4) is 0 Å². The lowest BCUT2D eigenvalue weighted by atomic mass is 10.1. The summed E-state index contributed by atoms with van der Waals surface area (Å²) in [5.41, 5.74) is 11.1. The van der Waals surface area contributed by atoms with Gasteiger partial charge >= 0.3 is 0 Å². The van der Waals surface area contributed by atoms with Crippen LogP contribution in [0, 0.1) is 0 Å². The Morgan fingerprint density at radius 1 is 1.46 bits per heavy atom. The molecule has 10 nitrogen and oxygen atoms in total. The third-order valence-electron chi connectivity index (χ3n) is 3.87. The maximum atomic E-state index is 12.7. The summed E-state index contributed by atoms with van der Waals surface area (Å²) in [6, 6.07) is -0.920. The van der Waals surface area contributed by atoms with E-state index < -0.39 is 37.0 Å². The van der Waals surface area contributed by atoms with Gasteiger partial charge in [0.25, 0.3) is 5.91 Å². The van der Waals surface area contributed by atoms with Crippen LogP contribution in [0.25, 0.3) is 0 Å². The molecule has 1 saturated heterocycles. The summed E-state index contributed by atoms with van der Waals surface area (Å²) in [4.78, 5) is 35.3. The van der Waals surface area contributed by atoms with E-state index in [1.807, 2.05) is 6.92 Å². The molecule has 0 aromatic heterocycles. The molecule has 1 aliphatic rings. The van der Waals surface area contributed by atoms with Crippen molar-refractivity contribution in [2.75, 3.05) is 13.1 Å². The number of hydrogen-bond donors (Lipinski definition) is 5. The van der Waals surface area contributed by atoms with Gasteiger partial charge in [0.15, 0.2) is 13.2 Å². The Kier molecular flexibility index (Phi) is 7.82. The number of carbonyl (C=O) groups is 3. The Bertz CT molecular complexity index is 517. The highest BCUT2D eigenvalue weighted by Crippen LogP contribution is 2.39. The number of rotatable bonds is 9. The van der Waals surface area contributed by atoms with Crippen molar-refractivity contribution in [2.24, 2.45) is 17.3 Å². The normalized spacial score (nSPS) is 23.6. The second-order valence-corrected chi connectivity index (χ2v) is 7.73. The molecule has 0 spiro atoms. The van der Waals surface area contributed by atoms with Gasteiger partial charge in [-0.3, -0.25) is 24.5 Å². The monoisotopic (exact) mass is 362 g/mol. The van der Waals surface area contributed by atoms with Crippen LogP contribution in [0.5, 0.6) is 0 Å². The average Bonchev–Trinajstić information content (AvgIpc) is 2.53. The number of piperidine rings is 1. The number of nitrogens with one attached hydrogen (secondary N) is 2. The minimum atomic E-state index is -2.89. The quantitative estimate of drug-likeness (QED) is 0.186. The summed E-state index contributed by atoms with van der Waals surface area (Å²) in [5.74, 6) is 3.96. The zero-order chi connectivity index (χ0) is 18.3. The van der Waals surface area contributed by atoms with E-state index in [4.69, 9.17) is 17.3 Å². The molecule has 0 aliphatic carbocycles. The third-order valence-corrected chi connectivity index (χ3v) is 5.75. The van der Waals surface area contributed by atoms with E-state index in [2.05, 4.69) is 10.4 Å². The summed E-state index contributed by atoms with van der Waals surface area (Å²) in [6.07, 6.45) is 1.47. The van der Waals surface area contributed by atoms with Crippen molar-refractivity contribution in [3.63, 3.8) is 0 Å². The second-order valence-electron chi connectivity index (χ2n) is 5.90. The molecule has 1 aliphatic heterocycles. The first-order chi connectivity index (χ1) is 11.2. The molecular weight excluding hydrogens is 335 g/mol. The Morgan fingerprint density at radius 3 is 2.71 bits per heavy atom. The molecule has 1 rings (SSSR count). The van der Waals surface area contributed by atoms with Crippen molar-refractivity contribution in [3.8, 4) is 0 Å². The lowest BCUT2D eigenvalue weighted by Crippen LogP contribution is -2.60. The predicted molar refractivity (Wildman–Crippen MR) is 89.7 cm³/mol. The number of hydrazine groups is 1. The second kappa shape index (κ2) is 9.12. The van der Waals surface area contributed by atoms with Gasteiger partial charge in [0.05, 0.1) is 6.04 Å². The van der Waals surface area contributed by atoms with Gasteiger partial charge in [-0.15, -0.1) is 0 Å². The zero-order valence-corrected chi connectivity index (χ0v) is 14.8. The number of amides is 3. The Labute approximate surface area is 141 Å². The molecule has 24 heavy (non-hydrogen) atoms. The smallest absolute Gasteiger partial charge is 0.265 e. The van der Waals surface area contributed by atoms with Crippen LogP contribution in [0.2, 0.25) is 0 Å². The lowest BCUT2D eigenvalue weighted by molar-refractivity contribution is -0.137. The van der Waals surface area contributed by atoms with E-state index in [9.17, 15) is 18.9 Å².